The standard InChI is InChI=1S/2C6H5.Pt/c2*1-2-4-6-5-3-1;/h2*1-5H;. The third kappa shape index (κ3) is 2.53. The molecule has 0 aliphatic heterocycles. The summed E-state index contributed by atoms with van der Waals surface area (Å²) < 4.78 is 2.96. The van der Waals surface area contributed by atoms with E-state index in [1.807, 2.05) is 0 Å². The van der Waals surface area contributed by atoms with Gasteiger partial charge in [-0.25, -0.2) is 0 Å². The quantitative estimate of drug-likeness (QED) is 0.775. The molecule has 0 nitrogen and oxygen atoms in total. The molecule has 0 heterocycles. The Kier molecular flexibility index (Phi) is 2.94. The molecular weight excluding hydrogens is 339 g/mol. The normalized spacial score (nSPS) is 10.2. The summed E-state index contributed by atoms with van der Waals surface area (Å²) in [6.45, 7) is 0. The Balaban J connectivity index is 2.16. The van der Waals surface area contributed by atoms with Gasteiger partial charge in [0.1, 0.15) is 0 Å². The van der Waals surface area contributed by atoms with Gasteiger partial charge in [0.15, 0.2) is 0 Å². The average Bonchev–Trinajstić information content (AvgIpc) is 2.21. The van der Waals surface area contributed by atoms with Crippen LogP contribution in [0.4, 0.5) is 0 Å². The van der Waals surface area contributed by atoms with E-state index in [0.29, 0.717) is 0 Å². The van der Waals surface area contributed by atoms with Gasteiger partial charge in [0.25, 0.3) is 0 Å². The molecule has 0 bridgehead atoms. The van der Waals surface area contributed by atoms with E-state index in [0.717, 1.165) is 0 Å². The molecule has 68 valence electrons. The molecule has 0 radical (unpaired) electrons. The second-order valence-electron chi connectivity index (χ2n) is 2.60. The van der Waals surface area contributed by atoms with Gasteiger partial charge in [-0.3, -0.25) is 0 Å². The first-order chi connectivity index (χ1) is 6.45. The van der Waals surface area contributed by atoms with Crippen molar-refractivity contribution in [1.29, 1.82) is 0 Å². The molecular formula is C12H10Pt. The van der Waals surface area contributed by atoms with E-state index in [2.05, 4.69) is 60.7 Å². The van der Waals surface area contributed by atoms with Crippen molar-refractivity contribution in [3.8, 4) is 0 Å². The maximum atomic E-state index is 2.21. The Morgan fingerprint density at radius 2 is 0.923 bits per heavy atom. The van der Waals surface area contributed by atoms with Gasteiger partial charge in [-0.2, -0.15) is 0 Å². The fourth-order valence-corrected chi connectivity index (χ4v) is 3.41. The van der Waals surface area contributed by atoms with Crippen molar-refractivity contribution in [3.05, 3.63) is 60.7 Å². The second-order valence-corrected chi connectivity index (χ2v) is 5.79. The average molecular weight is 349 g/mol. The van der Waals surface area contributed by atoms with Gasteiger partial charge in [-0.1, -0.05) is 0 Å². The predicted octanol–water partition coefficient (Wildman–Crippen LogP) is 1.72. The van der Waals surface area contributed by atoms with Gasteiger partial charge in [0, 0.05) is 0 Å². The first-order valence-corrected chi connectivity index (χ1v) is 6.41. The van der Waals surface area contributed by atoms with Crippen LogP contribution in [0.2, 0.25) is 0 Å². The van der Waals surface area contributed by atoms with Crippen LogP contribution in [0.3, 0.4) is 0 Å². The minimum absolute atomic E-state index is 0.0186. The van der Waals surface area contributed by atoms with Crippen molar-refractivity contribution in [1.82, 2.24) is 0 Å². The number of hydrogen-bond donors (Lipinski definition) is 0. The van der Waals surface area contributed by atoms with Gasteiger partial charge >= 0.3 is 87.1 Å². The minimum atomic E-state index is 0.0186. The fourth-order valence-electron chi connectivity index (χ4n) is 1.02. The van der Waals surface area contributed by atoms with Crippen LogP contribution < -0.4 is 7.91 Å². The molecule has 0 saturated carbocycles. The zero-order chi connectivity index (χ0) is 8.93. The van der Waals surface area contributed by atoms with E-state index in [1.165, 1.54) is 7.91 Å². The SMILES string of the molecule is c1cc[c]([Pt][c]2ccccc2)cc1. The van der Waals surface area contributed by atoms with Crippen molar-refractivity contribution < 1.29 is 18.6 Å². The topological polar surface area (TPSA) is 0 Å². The Labute approximate surface area is 87.2 Å². The summed E-state index contributed by atoms with van der Waals surface area (Å²) in [7, 11) is 0. The Hall–Kier alpha value is -0.872. The zero-order valence-electron chi connectivity index (χ0n) is 7.09. The molecule has 2 aromatic carbocycles. The van der Waals surface area contributed by atoms with E-state index in [1.54, 1.807) is 0 Å². The first-order valence-electron chi connectivity index (χ1n) is 4.14. The van der Waals surface area contributed by atoms with Crippen molar-refractivity contribution in [2.45, 2.75) is 0 Å². The van der Waals surface area contributed by atoms with Crippen molar-refractivity contribution >= 4 is 7.91 Å². The number of rotatable bonds is 2. The van der Waals surface area contributed by atoms with Crippen LogP contribution in [-0.2, 0) is 18.6 Å². The van der Waals surface area contributed by atoms with Crippen LogP contribution in [0.5, 0.6) is 0 Å². The summed E-state index contributed by atoms with van der Waals surface area (Å²) in [5.74, 6) is 0. The van der Waals surface area contributed by atoms with E-state index in [-0.39, 0.29) is 18.6 Å². The summed E-state index contributed by atoms with van der Waals surface area (Å²) in [6.07, 6.45) is 0. The van der Waals surface area contributed by atoms with Crippen molar-refractivity contribution in [3.63, 3.8) is 0 Å². The summed E-state index contributed by atoms with van der Waals surface area (Å²) >= 11 is 0.0186. The van der Waals surface area contributed by atoms with Gasteiger partial charge in [0.05, 0.1) is 0 Å². The molecule has 0 N–H and O–H groups in total. The first kappa shape index (κ1) is 8.71. The molecule has 13 heavy (non-hydrogen) atoms. The summed E-state index contributed by atoms with van der Waals surface area (Å²) in [5, 5.41) is 0. The molecule has 0 aliphatic rings. The van der Waals surface area contributed by atoms with Gasteiger partial charge in [-0.15, -0.1) is 0 Å². The van der Waals surface area contributed by atoms with E-state index >= 15 is 0 Å². The van der Waals surface area contributed by atoms with E-state index in [9.17, 15) is 0 Å². The predicted molar refractivity (Wildman–Crippen MR) is 52.2 cm³/mol. The van der Waals surface area contributed by atoms with Crippen LogP contribution in [0, 0.1) is 0 Å². The van der Waals surface area contributed by atoms with Gasteiger partial charge < -0.3 is 0 Å². The molecule has 0 fully saturated rings. The number of hydrogen-bond acceptors (Lipinski definition) is 0. The van der Waals surface area contributed by atoms with Crippen LogP contribution in [-0.4, -0.2) is 0 Å². The summed E-state index contributed by atoms with van der Waals surface area (Å²) in [5.41, 5.74) is 0. The molecule has 1 heteroatoms. The molecule has 2 aromatic rings. The van der Waals surface area contributed by atoms with Gasteiger partial charge in [0.2, 0.25) is 0 Å². The van der Waals surface area contributed by atoms with Crippen LogP contribution >= 0.6 is 0 Å². The molecule has 0 aliphatic carbocycles. The van der Waals surface area contributed by atoms with Crippen LogP contribution in [0.25, 0.3) is 0 Å². The zero-order valence-corrected chi connectivity index (χ0v) is 9.36. The Morgan fingerprint density at radius 1 is 0.538 bits per heavy atom. The third-order valence-electron chi connectivity index (χ3n) is 1.61. The monoisotopic (exact) mass is 349 g/mol. The summed E-state index contributed by atoms with van der Waals surface area (Å²) in [6, 6.07) is 21.4. The molecule has 0 atom stereocenters. The maximum absolute atomic E-state index is 2.21. The Morgan fingerprint density at radius 3 is 1.31 bits per heavy atom. The fraction of sp³-hybridized carbons (Fsp3) is 0. The molecule has 0 aromatic heterocycles. The second kappa shape index (κ2) is 4.39. The molecule has 0 amide bonds. The van der Waals surface area contributed by atoms with Crippen molar-refractivity contribution in [2.75, 3.05) is 0 Å². The van der Waals surface area contributed by atoms with E-state index in [4.69, 9.17) is 0 Å². The molecule has 0 unspecified atom stereocenters. The van der Waals surface area contributed by atoms with Crippen LogP contribution in [0.15, 0.2) is 60.7 Å². The Bertz CT molecular complexity index is 316. The van der Waals surface area contributed by atoms with Gasteiger partial charge in [-0.05, 0) is 0 Å². The summed E-state index contributed by atoms with van der Waals surface area (Å²) in [4.78, 5) is 0. The van der Waals surface area contributed by atoms with Crippen LogP contribution in [0.1, 0.15) is 0 Å². The molecule has 0 saturated heterocycles. The third-order valence-corrected chi connectivity index (χ3v) is 4.43. The van der Waals surface area contributed by atoms with Crippen molar-refractivity contribution in [2.24, 2.45) is 0 Å². The molecule has 0 spiro atoms. The van der Waals surface area contributed by atoms with E-state index < -0.39 is 0 Å². The number of benzene rings is 2. The molecule has 2 rings (SSSR count).